The summed E-state index contributed by atoms with van der Waals surface area (Å²) in [6.45, 7) is 0.974. The molecule has 0 aliphatic carbocycles. The van der Waals surface area contributed by atoms with Crippen LogP contribution in [0.25, 0.3) is 0 Å². The fourth-order valence-electron chi connectivity index (χ4n) is 2.71. The van der Waals surface area contributed by atoms with Crippen molar-refractivity contribution in [1.82, 2.24) is 5.32 Å². The van der Waals surface area contributed by atoms with E-state index in [1.807, 2.05) is 54.6 Å². The molecule has 0 saturated carbocycles. The highest BCUT2D eigenvalue weighted by atomic mass is 16.2. The van der Waals surface area contributed by atoms with Crippen molar-refractivity contribution in [3.63, 3.8) is 0 Å². The Morgan fingerprint density at radius 3 is 2.59 bits per heavy atom. The van der Waals surface area contributed by atoms with E-state index in [4.69, 9.17) is 0 Å². The van der Waals surface area contributed by atoms with Crippen LogP contribution in [0.2, 0.25) is 0 Å². The lowest BCUT2D eigenvalue weighted by Gasteiger charge is -2.17. The Labute approximate surface area is 129 Å². The van der Waals surface area contributed by atoms with Gasteiger partial charge in [0.25, 0.3) is 0 Å². The van der Waals surface area contributed by atoms with E-state index >= 15 is 0 Å². The molecule has 2 aromatic rings. The summed E-state index contributed by atoms with van der Waals surface area (Å²) in [5, 5.41) is 2.88. The van der Waals surface area contributed by atoms with Gasteiger partial charge >= 0.3 is 0 Å². The third-order valence-electron chi connectivity index (χ3n) is 3.79. The van der Waals surface area contributed by atoms with E-state index in [1.165, 1.54) is 0 Å². The van der Waals surface area contributed by atoms with Gasteiger partial charge in [0.15, 0.2) is 0 Å². The van der Waals surface area contributed by atoms with Crippen molar-refractivity contribution >= 4 is 17.5 Å². The molecule has 22 heavy (non-hydrogen) atoms. The van der Waals surface area contributed by atoms with Crippen LogP contribution in [0.4, 0.5) is 5.69 Å². The molecule has 0 aromatic heterocycles. The number of fused-ring (bicyclic) bond motifs is 1. The van der Waals surface area contributed by atoms with Gasteiger partial charge in [0.05, 0.1) is 12.8 Å². The second-order valence-corrected chi connectivity index (χ2v) is 5.36. The predicted molar refractivity (Wildman–Crippen MR) is 85.7 cm³/mol. The summed E-state index contributed by atoms with van der Waals surface area (Å²) in [5.74, 6) is 0.0737. The number of hydrogen-bond acceptors (Lipinski definition) is 2. The highest BCUT2D eigenvalue weighted by molar-refractivity contribution is 6.01. The van der Waals surface area contributed by atoms with Crippen molar-refractivity contribution in [1.29, 1.82) is 0 Å². The van der Waals surface area contributed by atoms with Crippen LogP contribution in [-0.2, 0) is 22.4 Å². The molecule has 1 heterocycles. The topological polar surface area (TPSA) is 49.4 Å². The quantitative estimate of drug-likeness (QED) is 0.916. The fraction of sp³-hybridized carbons (Fsp3) is 0.222. The van der Waals surface area contributed by atoms with Crippen molar-refractivity contribution in [3.8, 4) is 0 Å². The molecule has 0 spiro atoms. The molecule has 4 heteroatoms. The van der Waals surface area contributed by atoms with Crippen LogP contribution in [0.5, 0.6) is 0 Å². The number of carbonyl (C=O) groups excluding carboxylic acids is 2. The molecule has 3 rings (SSSR count). The number of amides is 2. The number of anilines is 1. The zero-order chi connectivity index (χ0) is 15.4. The van der Waals surface area contributed by atoms with Crippen molar-refractivity contribution in [3.05, 3.63) is 65.7 Å². The molecular formula is C18H18N2O2. The SMILES string of the molecule is O=C(Cc1ccccc1)NCCN1C(=O)Cc2ccccc21. The van der Waals surface area contributed by atoms with E-state index in [0.717, 1.165) is 16.8 Å². The van der Waals surface area contributed by atoms with Gasteiger partial charge in [-0.3, -0.25) is 9.59 Å². The Morgan fingerprint density at radius 2 is 1.77 bits per heavy atom. The Morgan fingerprint density at radius 1 is 1.05 bits per heavy atom. The van der Waals surface area contributed by atoms with Gasteiger partial charge in [-0.05, 0) is 17.2 Å². The number of rotatable bonds is 5. The molecule has 0 radical (unpaired) electrons. The van der Waals surface area contributed by atoms with Gasteiger partial charge in [0.1, 0.15) is 0 Å². The van der Waals surface area contributed by atoms with E-state index in [-0.39, 0.29) is 11.8 Å². The van der Waals surface area contributed by atoms with Crippen LogP contribution >= 0.6 is 0 Å². The molecule has 0 fully saturated rings. The molecular weight excluding hydrogens is 276 g/mol. The first-order valence-electron chi connectivity index (χ1n) is 7.43. The Hall–Kier alpha value is -2.62. The Balaban J connectivity index is 1.51. The van der Waals surface area contributed by atoms with Crippen molar-refractivity contribution in [2.75, 3.05) is 18.0 Å². The zero-order valence-corrected chi connectivity index (χ0v) is 12.3. The van der Waals surface area contributed by atoms with Crippen molar-refractivity contribution < 1.29 is 9.59 Å². The van der Waals surface area contributed by atoms with Crippen LogP contribution in [-0.4, -0.2) is 24.9 Å². The molecule has 1 aliphatic rings. The maximum atomic E-state index is 12.0. The van der Waals surface area contributed by atoms with Crippen molar-refractivity contribution in [2.45, 2.75) is 12.8 Å². The Bertz CT molecular complexity index is 682. The second kappa shape index (κ2) is 6.43. The summed E-state index contributed by atoms with van der Waals surface area (Å²) >= 11 is 0. The summed E-state index contributed by atoms with van der Waals surface area (Å²) in [7, 11) is 0. The molecule has 2 amide bonds. The number of benzene rings is 2. The number of carbonyl (C=O) groups is 2. The summed E-state index contributed by atoms with van der Waals surface area (Å²) < 4.78 is 0. The van der Waals surface area contributed by atoms with Crippen LogP contribution in [0, 0.1) is 0 Å². The predicted octanol–water partition coefficient (Wildman–Crippen LogP) is 1.93. The molecule has 2 aromatic carbocycles. The lowest BCUT2D eigenvalue weighted by Crippen LogP contribution is -2.37. The van der Waals surface area contributed by atoms with Gasteiger partial charge in [-0.25, -0.2) is 0 Å². The van der Waals surface area contributed by atoms with E-state index < -0.39 is 0 Å². The highest BCUT2D eigenvalue weighted by Crippen LogP contribution is 2.27. The second-order valence-electron chi connectivity index (χ2n) is 5.36. The van der Waals surface area contributed by atoms with Gasteiger partial charge in [-0.2, -0.15) is 0 Å². The molecule has 0 atom stereocenters. The molecule has 0 bridgehead atoms. The normalized spacial score (nSPS) is 13.1. The molecule has 0 saturated heterocycles. The highest BCUT2D eigenvalue weighted by Gasteiger charge is 2.26. The van der Waals surface area contributed by atoms with Gasteiger partial charge in [-0.15, -0.1) is 0 Å². The summed E-state index contributed by atoms with van der Waals surface area (Å²) in [6.07, 6.45) is 0.819. The fourth-order valence-corrected chi connectivity index (χ4v) is 2.71. The van der Waals surface area contributed by atoms with Gasteiger partial charge in [0, 0.05) is 18.8 Å². The first kappa shape index (κ1) is 14.3. The number of nitrogens with zero attached hydrogens (tertiary/aromatic N) is 1. The lowest BCUT2D eigenvalue weighted by molar-refractivity contribution is -0.121. The average Bonchev–Trinajstić information content (AvgIpc) is 2.84. The largest absolute Gasteiger partial charge is 0.354 e. The summed E-state index contributed by atoms with van der Waals surface area (Å²) in [6, 6.07) is 17.4. The third kappa shape index (κ3) is 3.17. The zero-order valence-electron chi connectivity index (χ0n) is 12.3. The number of hydrogen-bond donors (Lipinski definition) is 1. The van der Waals surface area contributed by atoms with E-state index in [9.17, 15) is 9.59 Å². The van der Waals surface area contributed by atoms with Gasteiger partial charge < -0.3 is 10.2 Å². The average molecular weight is 294 g/mol. The van der Waals surface area contributed by atoms with Gasteiger partial charge in [0.2, 0.25) is 11.8 Å². The van der Waals surface area contributed by atoms with Crippen LogP contribution in [0.3, 0.4) is 0 Å². The van der Waals surface area contributed by atoms with Crippen LogP contribution < -0.4 is 10.2 Å². The maximum Gasteiger partial charge on any atom is 0.231 e. The van der Waals surface area contributed by atoms with Crippen molar-refractivity contribution in [2.24, 2.45) is 0 Å². The smallest absolute Gasteiger partial charge is 0.231 e. The monoisotopic (exact) mass is 294 g/mol. The van der Waals surface area contributed by atoms with E-state index in [2.05, 4.69) is 5.32 Å². The molecule has 1 aliphatic heterocycles. The van der Waals surface area contributed by atoms with Crippen LogP contribution in [0.1, 0.15) is 11.1 Å². The first-order valence-corrected chi connectivity index (χ1v) is 7.43. The first-order chi connectivity index (χ1) is 10.7. The standard InChI is InChI=1S/C18H18N2O2/c21-17(12-14-6-2-1-3-7-14)19-10-11-20-16-9-5-4-8-15(16)13-18(20)22/h1-9H,10-13H2,(H,19,21). The van der Waals surface area contributed by atoms with E-state index in [1.54, 1.807) is 4.90 Å². The molecule has 0 unspecified atom stereocenters. The Kier molecular flexibility index (Phi) is 4.19. The lowest BCUT2D eigenvalue weighted by atomic mass is 10.1. The number of para-hydroxylation sites is 1. The van der Waals surface area contributed by atoms with E-state index in [0.29, 0.717) is 25.9 Å². The maximum absolute atomic E-state index is 12.0. The van der Waals surface area contributed by atoms with Gasteiger partial charge in [-0.1, -0.05) is 48.5 Å². The minimum Gasteiger partial charge on any atom is -0.354 e. The summed E-state index contributed by atoms with van der Waals surface area (Å²) in [5.41, 5.74) is 3.01. The molecule has 4 nitrogen and oxygen atoms in total. The minimum atomic E-state index is -0.0221. The minimum absolute atomic E-state index is 0.0221. The third-order valence-corrected chi connectivity index (χ3v) is 3.79. The number of nitrogens with one attached hydrogen (secondary N) is 1. The molecule has 1 N–H and O–H groups in total. The van der Waals surface area contributed by atoms with Crippen LogP contribution in [0.15, 0.2) is 54.6 Å². The summed E-state index contributed by atoms with van der Waals surface area (Å²) in [4.78, 5) is 25.7. The molecule has 112 valence electrons.